The molecule has 0 bridgehead atoms. The Labute approximate surface area is 43.3 Å². The fourth-order valence-electron chi connectivity index (χ4n) is 0.421. The van der Waals surface area contributed by atoms with Crippen LogP contribution in [-0.2, 0) is 7.67 Å². The Morgan fingerprint density at radius 2 is 2.29 bits per heavy atom. The molecule has 1 aliphatic rings. The minimum absolute atomic E-state index is 0.274. The maximum atomic E-state index is 10.3. The molecular weight excluding hydrogens is 161 g/mol. The third-order valence-corrected chi connectivity index (χ3v) is 3.30. The Bertz CT molecular complexity index is 179. The molecule has 0 aromatic heterocycles. The SMILES string of the molecule is O=[Se]1(=O)CCC=N1. The second kappa shape index (κ2) is 1.39. The number of hydrogen-bond donors (Lipinski definition) is 0. The van der Waals surface area contributed by atoms with Crippen molar-refractivity contribution in [1.29, 1.82) is 0 Å². The summed E-state index contributed by atoms with van der Waals surface area (Å²) in [5, 5.41) is 0.274. The molecule has 1 rings (SSSR count). The van der Waals surface area contributed by atoms with Crippen LogP contribution in [-0.4, -0.2) is 19.1 Å². The van der Waals surface area contributed by atoms with Gasteiger partial charge in [0.05, 0.1) is 0 Å². The van der Waals surface area contributed by atoms with E-state index < -0.39 is 12.9 Å². The predicted molar refractivity (Wildman–Crippen MR) is 25.0 cm³/mol. The fraction of sp³-hybridized carbons (Fsp3) is 0.667. The van der Waals surface area contributed by atoms with Crippen molar-refractivity contribution in [3.63, 3.8) is 0 Å². The summed E-state index contributed by atoms with van der Waals surface area (Å²) in [7, 11) is 0. The Morgan fingerprint density at radius 3 is 2.43 bits per heavy atom. The van der Waals surface area contributed by atoms with E-state index in [-0.39, 0.29) is 5.32 Å². The van der Waals surface area contributed by atoms with Crippen LogP contribution in [0, 0.1) is 0 Å². The molecule has 3 nitrogen and oxygen atoms in total. The molecule has 0 radical (unpaired) electrons. The van der Waals surface area contributed by atoms with E-state index in [4.69, 9.17) is 0 Å². The van der Waals surface area contributed by atoms with Gasteiger partial charge in [-0.1, -0.05) is 0 Å². The molecule has 4 heteroatoms. The molecule has 0 N–H and O–H groups in total. The van der Waals surface area contributed by atoms with Crippen molar-refractivity contribution < 1.29 is 7.67 Å². The van der Waals surface area contributed by atoms with Crippen LogP contribution in [0.25, 0.3) is 0 Å². The van der Waals surface area contributed by atoms with Crippen LogP contribution in [0.15, 0.2) is 4.01 Å². The van der Waals surface area contributed by atoms with E-state index in [1.54, 1.807) is 0 Å². The summed E-state index contributed by atoms with van der Waals surface area (Å²) in [5.41, 5.74) is 0. The summed E-state index contributed by atoms with van der Waals surface area (Å²) < 4.78 is 23.9. The Balaban J connectivity index is 2.99. The first kappa shape index (κ1) is 4.94. The average molecular weight is 166 g/mol. The van der Waals surface area contributed by atoms with Crippen LogP contribution in [0.4, 0.5) is 0 Å². The van der Waals surface area contributed by atoms with Crippen molar-refractivity contribution >= 4 is 19.1 Å². The average Bonchev–Trinajstić information content (AvgIpc) is 1.84. The molecule has 7 heavy (non-hydrogen) atoms. The zero-order valence-electron chi connectivity index (χ0n) is 3.66. The molecule has 0 saturated carbocycles. The molecule has 0 fully saturated rings. The van der Waals surface area contributed by atoms with E-state index in [0.29, 0.717) is 6.42 Å². The van der Waals surface area contributed by atoms with Gasteiger partial charge >= 0.3 is 42.6 Å². The Kier molecular flexibility index (Phi) is 0.977. The summed E-state index contributed by atoms with van der Waals surface area (Å²) >= 11 is -3.62. The molecule has 0 aromatic rings. The minimum atomic E-state index is -3.62. The van der Waals surface area contributed by atoms with E-state index in [2.05, 4.69) is 4.01 Å². The van der Waals surface area contributed by atoms with Crippen molar-refractivity contribution in [3.8, 4) is 0 Å². The standard InChI is InChI=1S/C3H5NO2Se/c5-7(6)3-1-2-4-7/h2H,1,3H2. The van der Waals surface area contributed by atoms with Gasteiger partial charge in [0.15, 0.2) is 0 Å². The predicted octanol–water partition coefficient (Wildman–Crippen LogP) is 0.261. The van der Waals surface area contributed by atoms with Crippen molar-refractivity contribution in [2.45, 2.75) is 11.7 Å². The van der Waals surface area contributed by atoms with Crippen molar-refractivity contribution in [2.75, 3.05) is 0 Å². The van der Waals surface area contributed by atoms with Gasteiger partial charge < -0.3 is 0 Å². The van der Waals surface area contributed by atoms with E-state index in [9.17, 15) is 7.67 Å². The Hall–Kier alpha value is -0.211. The van der Waals surface area contributed by atoms with Gasteiger partial charge in [-0.2, -0.15) is 0 Å². The summed E-state index contributed by atoms with van der Waals surface area (Å²) in [6, 6.07) is 0. The molecule has 0 unspecified atom stereocenters. The zero-order chi connectivity index (χ0) is 5.33. The molecule has 40 valence electrons. The summed E-state index contributed by atoms with van der Waals surface area (Å²) in [5.74, 6) is 0. The summed E-state index contributed by atoms with van der Waals surface area (Å²) in [6.07, 6.45) is 2.08. The monoisotopic (exact) mass is 167 g/mol. The molecule has 0 spiro atoms. The third kappa shape index (κ3) is 1.08. The van der Waals surface area contributed by atoms with E-state index >= 15 is 0 Å². The van der Waals surface area contributed by atoms with Crippen LogP contribution >= 0.6 is 0 Å². The molecular formula is C3H5NO2Se. The van der Waals surface area contributed by atoms with Crippen molar-refractivity contribution in [3.05, 3.63) is 0 Å². The van der Waals surface area contributed by atoms with Crippen LogP contribution in [0.5, 0.6) is 0 Å². The molecule has 1 heterocycles. The van der Waals surface area contributed by atoms with Gasteiger partial charge in [-0.15, -0.1) is 0 Å². The van der Waals surface area contributed by atoms with Gasteiger partial charge in [-0.05, 0) is 0 Å². The number of rotatable bonds is 0. The quantitative estimate of drug-likeness (QED) is 0.484. The molecule has 0 amide bonds. The van der Waals surface area contributed by atoms with Gasteiger partial charge in [-0.3, -0.25) is 0 Å². The van der Waals surface area contributed by atoms with E-state index in [1.807, 2.05) is 0 Å². The van der Waals surface area contributed by atoms with Gasteiger partial charge in [0, 0.05) is 0 Å². The first-order chi connectivity index (χ1) is 3.21. The molecule has 0 saturated heterocycles. The van der Waals surface area contributed by atoms with Crippen molar-refractivity contribution in [2.24, 2.45) is 4.01 Å². The van der Waals surface area contributed by atoms with Crippen LogP contribution < -0.4 is 0 Å². The molecule has 0 aliphatic carbocycles. The first-order valence-corrected chi connectivity index (χ1v) is 5.35. The van der Waals surface area contributed by atoms with Crippen LogP contribution in [0.1, 0.15) is 6.42 Å². The number of nitrogens with zero attached hydrogens (tertiary/aromatic N) is 1. The molecule has 0 aromatic carbocycles. The summed E-state index contributed by atoms with van der Waals surface area (Å²) in [6.45, 7) is 0. The Morgan fingerprint density at radius 1 is 1.57 bits per heavy atom. The number of hydrogen-bond acceptors (Lipinski definition) is 2. The van der Waals surface area contributed by atoms with Gasteiger partial charge in [0.1, 0.15) is 0 Å². The van der Waals surface area contributed by atoms with Gasteiger partial charge in [0.25, 0.3) is 0 Å². The second-order valence-corrected chi connectivity index (χ2v) is 5.10. The van der Waals surface area contributed by atoms with E-state index in [1.165, 1.54) is 6.21 Å². The first-order valence-electron chi connectivity index (χ1n) is 1.97. The summed E-state index contributed by atoms with van der Waals surface area (Å²) in [4.78, 5) is 0. The normalized spacial score (nSPS) is 25.7. The van der Waals surface area contributed by atoms with Gasteiger partial charge in [-0.25, -0.2) is 0 Å². The molecule has 0 atom stereocenters. The zero-order valence-corrected chi connectivity index (χ0v) is 5.38. The second-order valence-electron chi connectivity index (χ2n) is 1.36. The van der Waals surface area contributed by atoms with E-state index in [0.717, 1.165) is 0 Å². The topological polar surface area (TPSA) is 46.5 Å². The van der Waals surface area contributed by atoms with Gasteiger partial charge in [0.2, 0.25) is 0 Å². The molecule has 1 aliphatic heterocycles. The fourth-order valence-corrected chi connectivity index (χ4v) is 2.19. The third-order valence-electron chi connectivity index (χ3n) is 0.740. The van der Waals surface area contributed by atoms with Crippen molar-refractivity contribution in [1.82, 2.24) is 0 Å². The van der Waals surface area contributed by atoms with Crippen LogP contribution in [0.2, 0.25) is 5.32 Å². The van der Waals surface area contributed by atoms with Crippen LogP contribution in [0.3, 0.4) is 0 Å². The maximum absolute atomic E-state index is 10.3.